The molecule has 5 atom stereocenters. The number of hydrogen-bond donors (Lipinski definition) is 2. The van der Waals surface area contributed by atoms with Crippen molar-refractivity contribution in [3.63, 3.8) is 0 Å². The van der Waals surface area contributed by atoms with Crippen molar-refractivity contribution < 1.29 is 37.1 Å². The van der Waals surface area contributed by atoms with Crippen LogP contribution in [0.15, 0.2) is 0 Å². The second kappa shape index (κ2) is 9.71. The Morgan fingerprint density at radius 3 is 2.40 bits per heavy atom. The Hall–Kier alpha value is -2.17. The fraction of sp³-hybridized carbons (Fsp3) is 0.833. The third-order valence-electron chi connectivity index (χ3n) is 7.78. The first-order chi connectivity index (χ1) is 16.1. The van der Waals surface area contributed by atoms with Crippen LogP contribution in [0.2, 0.25) is 0 Å². The van der Waals surface area contributed by atoms with E-state index in [9.17, 15) is 32.3 Å². The van der Waals surface area contributed by atoms with Gasteiger partial charge in [0.25, 0.3) is 0 Å². The van der Waals surface area contributed by atoms with Crippen LogP contribution >= 0.6 is 0 Å². The van der Waals surface area contributed by atoms with Gasteiger partial charge in [-0.2, -0.15) is 0 Å². The van der Waals surface area contributed by atoms with Crippen LogP contribution in [0.4, 0.5) is 13.2 Å². The number of hydrogen-bond acceptors (Lipinski definition) is 5. The molecule has 35 heavy (non-hydrogen) atoms. The number of nitrogens with two attached hydrogens (primary N) is 1. The summed E-state index contributed by atoms with van der Waals surface area (Å²) < 4.78 is 41.6. The summed E-state index contributed by atoms with van der Waals surface area (Å²) in [6, 6.07) is -0.837. The van der Waals surface area contributed by atoms with E-state index in [2.05, 4.69) is 10.1 Å². The molecule has 0 radical (unpaired) electrons. The van der Waals surface area contributed by atoms with Crippen molar-refractivity contribution in [3.05, 3.63) is 0 Å². The van der Waals surface area contributed by atoms with Crippen LogP contribution in [0, 0.1) is 34.5 Å². The first-order valence-electron chi connectivity index (χ1n) is 12.2. The standard InChI is InChI=1S/C24H36F3N3O5/c1-13(2)8-22(3,4)21(34)30-12-23(10-17(30)19(28)32)9-16(23)15(7-14-5-6-29-20(14)33)18(31)11-35-24(25,26)27/h13-17H,5-12H2,1-4H3,(H2,28,32)(H,29,33)/t14-,15+,16?,17?,23?/m1/s1. The summed E-state index contributed by atoms with van der Waals surface area (Å²) in [5.41, 5.74) is 4.34. The SMILES string of the molecule is CC(C)CC(C)(C)C(=O)N1CC2(CC1C(N)=O)CC2[C@H](C[C@H]1CCNC1=O)C(=O)COC(F)(F)F. The second-order valence-corrected chi connectivity index (χ2v) is 11.5. The number of ether oxygens (including phenoxy) is 1. The molecule has 3 aliphatic rings. The Morgan fingerprint density at radius 1 is 1.23 bits per heavy atom. The maximum absolute atomic E-state index is 13.4. The average Bonchev–Trinajstić information content (AvgIpc) is 3.03. The van der Waals surface area contributed by atoms with Crippen molar-refractivity contribution in [1.29, 1.82) is 0 Å². The third kappa shape index (κ3) is 6.16. The molecule has 0 aromatic rings. The molecule has 3 amide bonds. The van der Waals surface area contributed by atoms with Crippen LogP contribution in [-0.2, 0) is 23.9 Å². The van der Waals surface area contributed by atoms with Gasteiger partial charge >= 0.3 is 6.36 Å². The predicted octanol–water partition coefficient (Wildman–Crippen LogP) is 2.40. The molecule has 3 N–H and O–H groups in total. The van der Waals surface area contributed by atoms with E-state index in [0.29, 0.717) is 25.8 Å². The molecule has 1 spiro atoms. The Labute approximate surface area is 203 Å². The van der Waals surface area contributed by atoms with Crippen molar-refractivity contribution in [3.8, 4) is 0 Å². The van der Waals surface area contributed by atoms with Crippen molar-refractivity contribution >= 4 is 23.5 Å². The summed E-state index contributed by atoms with van der Waals surface area (Å²) in [7, 11) is 0. The number of alkyl halides is 3. The highest BCUT2D eigenvalue weighted by molar-refractivity contribution is 5.90. The van der Waals surface area contributed by atoms with Gasteiger partial charge in [-0.15, -0.1) is 13.2 Å². The monoisotopic (exact) mass is 503 g/mol. The number of likely N-dealkylation sites (tertiary alicyclic amines) is 1. The third-order valence-corrected chi connectivity index (χ3v) is 7.78. The number of primary amides is 1. The molecule has 2 aliphatic heterocycles. The highest BCUT2D eigenvalue weighted by Gasteiger charge is 2.65. The van der Waals surface area contributed by atoms with Gasteiger partial charge in [-0.1, -0.05) is 27.7 Å². The van der Waals surface area contributed by atoms with Crippen LogP contribution in [0.25, 0.3) is 0 Å². The number of amides is 3. The predicted molar refractivity (Wildman–Crippen MR) is 119 cm³/mol. The van der Waals surface area contributed by atoms with E-state index >= 15 is 0 Å². The van der Waals surface area contributed by atoms with Gasteiger partial charge in [0, 0.05) is 30.3 Å². The van der Waals surface area contributed by atoms with Gasteiger partial charge in [0.2, 0.25) is 17.7 Å². The van der Waals surface area contributed by atoms with Crippen molar-refractivity contribution in [1.82, 2.24) is 10.2 Å². The van der Waals surface area contributed by atoms with Crippen molar-refractivity contribution in [2.24, 2.45) is 40.2 Å². The Bertz CT molecular complexity index is 875. The number of rotatable bonds is 10. The summed E-state index contributed by atoms with van der Waals surface area (Å²) in [5, 5.41) is 2.69. The number of nitrogens with one attached hydrogen (secondary N) is 1. The van der Waals surface area contributed by atoms with Gasteiger partial charge in [-0.3, -0.25) is 23.9 Å². The van der Waals surface area contributed by atoms with E-state index < -0.39 is 53.4 Å². The number of halogens is 3. The highest BCUT2D eigenvalue weighted by Crippen LogP contribution is 2.64. The zero-order chi connectivity index (χ0) is 26.3. The maximum Gasteiger partial charge on any atom is 0.522 e. The molecular formula is C24H36F3N3O5. The van der Waals surface area contributed by atoms with E-state index in [-0.39, 0.29) is 43.0 Å². The zero-order valence-electron chi connectivity index (χ0n) is 20.7. The fourth-order valence-corrected chi connectivity index (χ4v) is 6.29. The number of Topliss-reactive ketones (excluding diaryl/α,β-unsaturated/α-hetero) is 1. The molecular weight excluding hydrogens is 467 g/mol. The summed E-state index contributed by atoms with van der Waals surface area (Å²) >= 11 is 0. The van der Waals surface area contributed by atoms with Crippen LogP contribution in [0.3, 0.4) is 0 Å². The number of ketones is 1. The quantitative estimate of drug-likeness (QED) is 0.475. The van der Waals surface area contributed by atoms with Gasteiger partial charge in [0.15, 0.2) is 5.78 Å². The summed E-state index contributed by atoms with van der Waals surface area (Å²) in [6.45, 7) is 7.19. The number of nitrogens with zero attached hydrogens (tertiary/aromatic N) is 1. The van der Waals surface area contributed by atoms with Gasteiger partial charge in [0.1, 0.15) is 12.6 Å². The van der Waals surface area contributed by atoms with E-state index in [4.69, 9.17) is 5.73 Å². The van der Waals surface area contributed by atoms with E-state index in [1.165, 1.54) is 4.90 Å². The Balaban J connectivity index is 1.81. The molecule has 8 nitrogen and oxygen atoms in total. The molecule has 2 heterocycles. The number of carbonyl (C=O) groups excluding carboxylic acids is 4. The minimum absolute atomic E-state index is 0.117. The minimum atomic E-state index is -4.94. The molecule has 0 aromatic heterocycles. The molecule has 198 valence electrons. The first-order valence-corrected chi connectivity index (χ1v) is 12.2. The lowest BCUT2D eigenvalue weighted by Crippen LogP contribution is -2.49. The lowest BCUT2D eigenvalue weighted by Gasteiger charge is -2.33. The first kappa shape index (κ1) is 27.4. The molecule has 3 unspecified atom stereocenters. The molecule has 2 saturated heterocycles. The molecule has 3 fully saturated rings. The van der Waals surface area contributed by atoms with E-state index in [1.54, 1.807) is 0 Å². The van der Waals surface area contributed by atoms with Crippen molar-refractivity contribution in [2.45, 2.75) is 72.2 Å². The lowest BCUT2D eigenvalue weighted by atomic mass is 9.82. The molecule has 0 aromatic carbocycles. The molecule has 1 saturated carbocycles. The maximum atomic E-state index is 13.4. The van der Waals surface area contributed by atoms with E-state index in [0.717, 1.165) is 0 Å². The summed E-state index contributed by atoms with van der Waals surface area (Å²) in [5.74, 6) is -3.18. The lowest BCUT2D eigenvalue weighted by molar-refractivity contribution is -0.321. The second-order valence-electron chi connectivity index (χ2n) is 11.5. The Kier molecular flexibility index (Phi) is 7.60. The summed E-state index contributed by atoms with van der Waals surface area (Å²) in [6.07, 6.45) is -2.98. The van der Waals surface area contributed by atoms with Gasteiger partial charge in [-0.25, -0.2) is 0 Å². The largest absolute Gasteiger partial charge is 0.522 e. The molecule has 11 heteroatoms. The minimum Gasteiger partial charge on any atom is -0.368 e. The van der Waals surface area contributed by atoms with Crippen LogP contribution < -0.4 is 11.1 Å². The zero-order valence-corrected chi connectivity index (χ0v) is 20.7. The smallest absolute Gasteiger partial charge is 0.368 e. The van der Waals surface area contributed by atoms with Crippen LogP contribution in [0.1, 0.15) is 59.8 Å². The van der Waals surface area contributed by atoms with E-state index in [1.807, 2.05) is 27.7 Å². The molecule has 0 bridgehead atoms. The number of carbonyl (C=O) groups is 4. The van der Waals surface area contributed by atoms with Gasteiger partial charge in [0.05, 0.1) is 0 Å². The Morgan fingerprint density at radius 2 is 1.89 bits per heavy atom. The van der Waals surface area contributed by atoms with Crippen LogP contribution in [-0.4, -0.2) is 60.5 Å². The molecule has 3 rings (SSSR count). The van der Waals surface area contributed by atoms with Crippen molar-refractivity contribution in [2.75, 3.05) is 19.7 Å². The summed E-state index contributed by atoms with van der Waals surface area (Å²) in [4.78, 5) is 52.2. The normalized spacial score (nSPS) is 29.5. The van der Waals surface area contributed by atoms with Gasteiger partial charge in [-0.05, 0) is 49.4 Å². The highest BCUT2D eigenvalue weighted by atomic mass is 19.4. The fourth-order valence-electron chi connectivity index (χ4n) is 6.29. The molecule has 1 aliphatic carbocycles. The topological polar surface area (TPSA) is 119 Å². The average molecular weight is 504 g/mol. The van der Waals surface area contributed by atoms with Crippen LogP contribution in [0.5, 0.6) is 0 Å². The van der Waals surface area contributed by atoms with Gasteiger partial charge < -0.3 is 16.0 Å².